The van der Waals surface area contributed by atoms with Crippen molar-refractivity contribution >= 4 is 17.8 Å². The fourth-order valence-electron chi connectivity index (χ4n) is 3.29. The highest BCUT2D eigenvalue weighted by molar-refractivity contribution is 5.89. The summed E-state index contributed by atoms with van der Waals surface area (Å²) in [4.78, 5) is 16.4. The average Bonchev–Trinajstić information content (AvgIpc) is 3.26. The third-order valence-electron chi connectivity index (χ3n) is 4.85. The normalized spacial score (nSPS) is 10.8. The van der Waals surface area contributed by atoms with Crippen molar-refractivity contribution < 1.29 is 9.53 Å². The first-order valence-corrected chi connectivity index (χ1v) is 10.4. The first-order valence-electron chi connectivity index (χ1n) is 10.4. The first-order chi connectivity index (χ1) is 16.2. The molecule has 1 amide bonds. The van der Waals surface area contributed by atoms with Crippen LogP contribution in [0.3, 0.4) is 0 Å². The summed E-state index contributed by atoms with van der Waals surface area (Å²) in [6, 6.07) is 21.3. The van der Waals surface area contributed by atoms with Crippen molar-refractivity contribution in [1.29, 1.82) is 0 Å². The topological polar surface area (TPSA) is 93.4 Å². The van der Waals surface area contributed by atoms with E-state index in [1.807, 2.05) is 77.6 Å². The van der Waals surface area contributed by atoms with E-state index in [0.717, 1.165) is 28.1 Å². The number of aromatic nitrogens is 3. The lowest BCUT2D eigenvalue weighted by Gasteiger charge is -2.09. The smallest absolute Gasteiger partial charge is 0.259 e. The molecule has 0 aliphatic heterocycles. The Labute approximate surface area is 191 Å². The molecule has 8 nitrogen and oxygen atoms in total. The molecule has 2 aromatic carbocycles. The van der Waals surface area contributed by atoms with Crippen molar-refractivity contribution in [2.75, 3.05) is 19.0 Å². The number of pyridine rings is 1. The molecule has 4 aromatic rings. The molecule has 2 heterocycles. The van der Waals surface area contributed by atoms with Crippen molar-refractivity contribution in [2.45, 2.75) is 6.54 Å². The molecule has 0 saturated heterocycles. The van der Waals surface area contributed by atoms with E-state index in [1.54, 1.807) is 25.7 Å². The van der Waals surface area contributed by atoms with Crippen LogP contribution in [0.2, 0.25) is 0 Å². The van der Waals surface area contributed by atoms with Gasteiger partial charge in [0.25, 0.3) is 5.91 Å². The van der Waals surface area contributed by atoms with Crippen LogP contribution in [-0.4, -0.2) is 40.5 Å². The number of ether oxygens (including phenoxy) is 1. The van der Waals surface area contributed by atoms with E-state index < -0.39 is 0 Å². The Bertz CT molecular complexity index is 1220. The quantitative estimate of drug-likeness (QED) is 0.307. The van der Waals surface area contributed by atoms with Gasteiger partial charge in [-0.25, -0.2) is 5.43 Å². The zero-order chi connectivity index (χ0) is 22.9. The van der Waals surface area contributed by atoms with Gasteiger partial charge in [-0.2, -0.15) is 10.2 Å². The lowest BCUT2D eigenvalue weighted by atomic mass is 10.1. The largest absolute Gasteiger partial charge is 0.495 e. The van der Waals surface area contributed by atoms with Crippen molar-refractivity contribution in [3.05, 3.63) is 96.4 Å². The number of nitrogens with one attached hydrogen (secondary N) is 2. The molecule has 2 N–H and O–H groups in total. The molecule has 0 radical (unpaired) electrons. The van der Waals surface area contributed by atoms with Crippen molar-refractivity contribution in [2.24, 2.45) is 5.10 Å². The van der Waals surface area contributed by atoms with Gasteiger partial charge in [-0.15, -0.1) is 0 Å². The van der Waals surface area contributed by atoms with Gasteiger partial charge in [-0.1, -0.05) is 42.5 Å². The fraction of sp³-hybridized carbons (Fsp3) is 0.120. The van der Waals surface area contributed by atoms with Crippen molar-refractivity contribution in [3.8, 4) is 17.0 Å². The Morgan fingerprint density at radius 1 is 1.09 bits per heavy atom. The van der Waals surface area contributed by atoms with Crippen LogP contribution in [0.25, 0.3) is 11.3 Å². The second kappa shape index (κ2) is 10.7. The minimum Gasteiger partial charge on any atom is -0.495 e. The third kappa shape index (κ3) is 5.82. The zero-order valence-electron chi connectivity index (χ0n) is 18.2. The number of para-hydroxylation sites is 2. The lowest BCUT2D eigenvalue weighted by Crippen LogP contribution is -2.26. The number of benzene rings is 2. The van der Waals surface area contributed by atoms with Crippen LogP contribution < -0.4 is 15.5 Å². The van der Waals surface area contributed by atoms with Crippen LogP contribution in [0, 0.1) is 0 Å². The van der Waals surface area contributed by atoms with Gasteiger partial charge >= 0.3 is 0 Å². The van der Waals surface area contributed by atoms with Gasteiger partial charge in [0.1, 0.15) is 11.4 Å². The maximum Gasteiger partial charge on any atom is 0.259 e. The van der Waals surface area contributed by atoms with Crippen molar-refractivity contribution in [1.82, 2.24) is 20.2 Å². The Kier molecular flexibility index (Phi) is 7.07. The first kappa shape index (κ1) is 21.8. The number of carbonyl (C=O) groups is 1. The van der Waals surface area contributed by atoms with Crippen LogP contribution in [0.4, 0.5) is 5.69 Å². The highest BCUT2D eigenvalue weighted by Crippen LogP contribution is 2.22. The predicted molar refractivity (Wildman–Crippen MR) is 128 cm³/mol. The summed E-state index contributed by atoms with van der Waals surface area (Å²) in [6.07, 6.45) is 6.96. The van der Waals surface area contributed by atoms with Crippen LogP contribution >= 0.6 is 0 Å². The summed E-state index contributed by atoms with van der Waals surface area (Å²) in [5, 5.41) is 11.9. The van der Waals surface area contributed by atoms with Gasteiger partial charge < -0.3 is 10.1 Å². The van der Waals surface area contributed by atoms with Crippen LogP contribution in [0.5, 0.6) is 5.75 Å². The molecule has 0 bridgehead atoms. The lowest BCUT2D eigenvalue weighted by molar-refractivity contribution is -0.119. The van der Waals surface area contributed by atoms with E-state index >= 15 is 0 Å². The van der Waals surface area contributed by atoms with Gasteiger partial charge in [0.2, 0.25) is 0 Å². The Morgan fingerprint density at radius 2 is 1.91 bits per heavy atom. The molecule has 8 heteroatoms. The third-order valence-corrected chi connectivity index (χ3v) is 4.85. The van der Waals surface area contributed by atoms with E-state index in [2.05, 4.69) is 20.8 Å². The van der Waals surface area contributed by atoms with Crippen LogP contribution in [0.15, 0.2) is 90.4 Å². The summed E-state index contributed by atoms with van der Waals surface area (Å²) in [5.74, 6) is 0.387. The van der Waals surface area contributed by atoms with E-state index in [4.69, 9.17) is 9.84 Å². The number of anilines is 1. The summed E-state index contributed by atoms with van der Waals surface area (Å²) in [7, 11) is 1.59. The Balaban J connectivity index is 1.45. The molecule has 0 fully saturated rings. The van der Waals surface area contributed by atoms with Crippen LogP contribution in [-0.2, 0) is 11.3 Å². The van der Waals surface area contributed by atoms with Crippen molar-refractivity contribution in [3.63, 3.8) is 0 Å². The number of hydrogen-bond donors (Lipinski definition) is 2. The van der Waals surface area contributed by atoms with Gasteiger partial charge in [-0.05, 0) is 29.8 Å². The van der Waals surface area contributed by atoms with E-state index in [9.17, 15) is 4.79 Å². The molecule has 0 aliphatic rings. The fourth-order valence-corrected chi connectivity index (χ4v) is 3.29. The molecule has 33 heavy (non-hydrogen) atoms. The number of carbonyl (C=O) groups excluding carboxylic acids is 1. The molecule has 0 aliphatic carbocycles. The Hall–Kier alpha value is -4.46. The maximum atomic E-state index is 12.2. The molecule has 4 rings (SSSR count). The highest BCUT2D eigenvalue weighted by Gasteiger charge is 2.11. The zero-order valence-corrected chi connectivity index (χ0v) is 18.2. The summed E-state index contributed by atoms with van der Waals surface area (Å²) in [5.41, 5.74) is 6.81. The average molecular weight is 441 g/mol. The van der Waals surface area contributed by atoms with E-state index in [0.29, 0.717) is 12.3 Å². The van der Waals surface area contributed by atoms with Crippen LogP contribution in [0.1, 0.15) is 11.1 Å². The summed E-state index contributed by atoms with van der Waals surface area (Å²) < 4.78 is 7.13. The maximum absolute atomic E-state index is 12.2. The van der Waals surface area contributed by atoms with Gasteiger partial charge in [0.15, 0.2) is 0 Å². The standard InChI is InChI=1S/C25H24N6O2/c1-33-23-12-6-5-11-22(23)27-16-24(32)29-28-15-21-18-31(17-19-8-3-2-4-9-19)30-25(21)20-10-7-13-26-14-20/h2-15,18,27H,16-17H2,1H3,(H,29,32)/b28-15+. The molecule has 0 saturated carbocycles. The van der Waals surface area contributed by atoms with Gasteiger partial charge in [0, 0.05) is 29.7 Å². The molecule has 2 aromatic heterocycles. The van der Waals surface area contributed by atoms with Gasteiger partial charge in [-0.3, -0.25) is 14.5 Å². The SMILES string of the molecule is COc1ccccc1NCC(=O)N/N=C/c1cn(Cc2ccccc2)nc1-c1cccnc1. The molecule has 0 atom stereocenters. The van der Waals surface area contributed by atoms with Gasteiger partial charge in [0.05, 0.1) is 32.1 Å². The number of nitrogens with zero attached hydrogens (tertiary/aromatic N) is 4. The molecule has 166 valence electrons. The minimum atomic E-state index is -0.281. The monoisotopic (exact) mass is 440 g/mol. The second-order valence-corrected chi connectivity index (χ2v) is 7.20. The minimum absolute atomic E-state index is 0.0560. The molecular formula is C25H24N6O2. The molecular weight excluding hydrogens is 416 g/mol. The highest BCUT2D eigenvalue weighted by atomic mass is 16.5. The number of methoxy groups -OCH3 is 1. The molecule has 0 unspecified atom stereocenters. The number of amides is 1. The number of hydrogen-bond acceptors (Lipinski definition) is 6. The number of hydrazone groups is 1. The molecule has 0 spiro atoms. The summed E-state index contributed by atoms with van der Waals surface area (Å²) >= 11 is 0. The Morgan fingerprint density at radius 3 is 2.70 bits per heavy atom. The van der Waals surface area contributed by atoms with E-state index in [-0.39, 0.29) is 12.5 Å². The predicted octanol–water partition coefficient (Wildman–Crippen LogP) is 3.56. The second-order valence-electron chi connectivity index (χ2n) is 7.20. The van der Waals surface area contributed by atoms with E-state index in [1.165, 1.54) is 0 Å². The number of rotatable bonds is 9. The summed E-state index contributed by atoms with van der Waals surface area (Å²) in [6.45, 7) is 0.678.